The number of carboxylic acids is 1. The molecule has 0 rings (SSSR count). The molecule has 11 nitrogen and oxygen atoms in total. The van der Waals surface area contributed by atoms with Crippen LogP contribution in [0, 0.1) is 5.41 Å². The molecule has 25 heavy (non-hydrogen) atoms. The normalized spacial score (nSPS) is 14.6. The fourth-order valence-electron chi connectivity index (χ4n) is 1.72. The smallest absolute Gasteiger partial charge is 0.478 e. The molecule has 0 fully saturated rings. The summed E-state index contributed by atoms with van der Waals surface area (Å²) in [6.07, 6.45) is 0.0903. The number of aliphatic carboxylic acids is 1. The van der Waals surface area contributed by atoms with Gasteiger partial charge in [0, 0.05) is 18.0 Å². The summed E-state index contributed by atoms with van der Waals surface area (Å²) in [5.41, 5.74) is -3.24. The van der Waals surface area contributed by atoms with E-state index in [1.165, 1.54) is 20.8 Å². The third-order valence-corrected chi connectivity index (χ3v) is 6.70. The second-order valence-electron chi connectivity index (χ2n) is 5.69. The molecule has 0 bridgehead atoms. The molecule has 0 spiro atoms. The molecule has 144 valence electrons. The molecule has 3 N–H and O–H groups in total. The lowest BCUT2D eigenvalue weighted by molar-refractivity contribution is -0.139. The summed E-state index contributed by atoms with van der Waals surface area (Å²) in [7, 11) is -10.4. The van der Waals surface area contributed by atoms with Crippen LogP contribution in [0.4, 0.5) is 0 Å². The Morgan fingerprint density at radius 3 is 2.28 bits per heavy atom. The van der Waals surface area contributed by atoms with Crippen LogP contribution in [0.2, 0.25) is 0 Å². The van der Waals surface area contributed by atoms with E-state index in [-0.39, 0.29) is 18.9 Å². The van der Waals surface area contributed by atoms with Gasteiger partial charge in [-0.3, -0.25) is 8.98 Å². The maximum atomic E-state index is 11.8. The van der Waals surface area contributed by atoms with Crippen molar-refractivity contribution in [2.75, 3.05) is 18.9 Å². The molecule has 1 amide bonds. The van der Waals surface area contributed by atoms with Crippen molar-refractivity contribution in [1.82, 2.24) is 5.32 Å². The zero-order valence-electron chi connectivity index (χ0n) is 13.9. The van der Waals surface area contributed by atoms with Crippen molar-refractivity contribution in [3.05, 3.63) is 0 Å². The van der Waals surface area contributed by atoms with Crippen LogP contribution < -0.4 is 5.32 Å². The van der Waals surface area contributed by atoms with Gasteiger partial charge in [-0.1, -0.05) is 13.8 Å². The average molecular weight is 421 g/mol. The van der Waals surface area contributed by atoms with Crippen molar-refractivity contribution in [3.8, 4) is 0 Å². The highest BCUT2D eigenvalue weighted by Crippen LogP contribution is 2.47. The van der Waals surface area contributed by atoms with E-state index in [1.807, 2.05) is 0 Å². The molecule has 3 atom stereocenters. The number of hydrogen-bond acceptors (Lipinski definition) is 8. The molecule has 14 heteroatoms. The quantitative estimate of drug-likeness (QED) is 0.232. The summed E-state index contributed by atoms with van der Waals surface area (Å²) in [6.45, 7) is 3.34. The Balaban J connectivity index is 4.85. The third-order valence-electron chi connectivity index (χ3n) is 2.89. The topological polar surface area (TPSA) is 173 Å². The molecule has 0 aliphatic carbocycles. The van der Waals surface area contributed by atoms with E-state index in [4.69, 9.17) is 14.2 Å². The third kappa shape index (κ3) is 9.88. The van der Waals surface area contributed by atoms with Crippen LogP contribution in [0.1, 0.15) is 27.2 Å². The highest BCUT2D eigenvalue weighted by molar-refractivity contribution is 7.86. The summed E-state index contributed by atoms with van der Waals surface area (Å²) >= 11 is 0. The lowest BCUT2D eigenvalue weighted by atomic mass is 9.90. The number of carbonyl (C=O) groups excluding carboxylic acids is 1. The minimum atomic E-state index is -4.01. The number of carbonyl (C=O) groups is 2. The first-order valence-electron chi connectivity index (χ1n) is 6.93. The van der Waals surface area contributed by atoms with E-state index in [9.17, 15) is 27.1 Å². The van der Waals surface area contributed by atoms with Gasteiger partial charge in [0.2, 0.25) is 5.91 Å². The van der Waals surface area contributed by atoms with Crippen molar-refractivity contribution >= 4 is 38.3 Å². The number of nitrogens with one attached hydrogen (secondary N) is 1. The van der Waals surface area contributed by atoms with Crippen LogP contribution in [0.5, 0.6) is 0 Å². The van der Waals surface area contributed by atoms with Crippen molar-refractivity contribution in [2.45, 2.75) is 32.9 Å². The minimum absolute atomic E-state index is 0.0903. The lowest BCUT2D eigenvalue weighted by Gasteiger charge is -2.22. The van der Waals surface area contributed by atoms with Gasteiger partial charge in [0.25, 0.3) is 15.8 Å². The molecule has 0 aromatic carbocycles. The Labute approximate surface area is 147 Å². The van der Waals surface area contributed by atoms with E-state index in [2.05, 4.69) is 9.63 Å². The average Bonchev–Trinajstić information content (AvgIpc) is 2.40. The van der Waals surface area contributed by atoms with Gasteiger partial charge in [-0.05, 0) is 11.0 Å². The summed E-state index contributed by atoms with van der Waals surface area (Å²) in [4.78, 5) is 30.6. The molecule has 0 saturated heterocycles. The van der Waals surface area contributed by atoms with Gasteiger partial charge in [0.1, 0.15) is 4.31 Å². The molecule has 0 aliphatic rings. The van der Waals surface area contributed by atoms with Crippen LogP contribution in [-0.4, -0.2) is 54.9 Å². The van der Waals surface area contributed by atoms with E-state index < -0.39 is 55.8 Å². The molecule has 0 aliphatic heterocycles. The maximum Gasteiger partial charge on any atom is 0.742 e. The van der Waals surface area contributed by atoms with Gasteiger partial charge in [-0.2, -0.15) is 8.42 Å². The second kappa shape index (κ2) is 10.2. The molecular weight excluding hydrogens is 400 g/mol. The Morgan fingerprint density at radius 1 is 1.28 bits per heavy atom. The van der Waals surface area contributed by atoms with Crippen molar-refractivity contribution in [1.29, 1.82) is 0 Å². The summed E-state index contributed by atoms with van der Waals surface area (Å²) in [6, 6.07) is 0. The van der Waals surface area contributed by atoms with Gasteiger partial charge in [-0.25, -0.2) is 4.79 Å². The van der Waals surface area contributed by atoms with Crippen LogP contribution in [0.25, 0.3) is 0 Å². The first-order valence-corrected chi connectivity index (χ1v) is 10.9. The van der Waals surface area contributed by atoms with Gasteiger partial charge >= 0.3 is 22.3 Å². The summed E-state index contributed by atoms with van der Waals surface area (Å²) in [5.74, 6) is -2.31. The van der Waals surface area contributed by atoms with Crippen molar-refractivity contribution < 1.29 is 45.6 Å². The summed E-state index contributed by atoms with van der Waals surface area (Å²) in [5, 5.41) is 11.6. The van der Waals surface area contributed by atoms with Crippen LogP contribution >= 0.6 is 16.3 Å². The highest BCUT2D eigenvalue weighted by atomic mass is 32.2. The van der Waals surface area contributed by atoms with Crippen LogP contribution in [-0.2, 0) is 37.3 Å². The second-order valence-corrected chi connectivity index (χ2v) is 9.67. The molecular formula is C11H21NO10P2S+2. The van der Waals surface area contributed by atoms with Gasteiger partial charge < -0.3 is 10.4 Å². The van der Waals surface area contributed by atoms with Crippen LogP contribution in [0.15, 0.2) is 0 Å². The largest absolute Gasteiger partial charge is 0.742 e. The number of hydrogen-bond donors (Lipinski definition) is 3. The summed E-state index contributed by atoms with van der Waals surface area (Å²) < 4.78 is 54.8. The number of carboxylic acid groups (broad SMARTS) is 1. The fourth-order valence-corrected chi connectivity index (χ4v) is 4.57. The zero-order chi connectivity index (χ0) is 19.8. The fraction of sp³-hybridized carbons (Fsp3) is 0.818. The Hall–Kier alpha value is -1.03. The standard InChI is InChI=1S/C11H19NO10P2S/c1-8(13)12-5-4-6-25(19,20)21-7-11(2,3)9(10(14)15)23(16)22-24(17)18/h9H,4-7H2,1-3H3,(H-2,12,13,14,15,17,18)/p+2/t9-/m0/s1. The lowest BCUT2D eigenvalue weighted by Crippen LogP contribution is -2.38. The SMILES string of the molecule is CC(=O)NCCCS(=O)(=O)OCC(C)(C)[C@H](C(=O)O)[P+](=O)O[P+](=O)O. The monoisotopic (exact) mass is 421 g/mol. The van der Waals surface area contributed by atoms with Gasteiger partial charge in [-0.15, -0.1) is 4.89 Å². The minimum Gasteiger partial charge on any atom is -0.478 e. The van der Waals surface area contributed by atoms with Gasteiger partial charge in [0.05, 0.1) is 17.8 Å². The first kappa shape index (κ1) is 24.0. The van der Waals surface area contributed by atoms with E-state index in [0.717, 1.165) is 0 Å². The van der Waals surface area contributed by atoms with E-state index in [1.54, 1.807) is 0 Å². The van der Waals surface area contributed by atoms with E-state index >= 15 is 0 Å². The predicted molar refractivity (Wildman–Crippen MR) is 86.8 cm³/mol. The Bertz CT molecular complexity index is 633. The number of amides is 1. The maximum absolute atomic E-state index is 11.8. The number of rotatable bonds is 12. The predicted octanol–water partition coefficient (Wildman–Crippen LogP) is 0.747. The molecule has 0 heterocycles. The van der Waals surface area contributed by atoms with Crippen molar-refractivity contribution in [2.24, 2.45) is 5.41 Å². The van der Waals surface area contributed by atoms with Gasteiger partial charge in [0.15, 0.2) is 0 Å². The molecule has 0 aromatic rings. The highest BCUT2D eigenvalue weighted by Gasteiger charge is 2.56. The molecule has 0 saturated carbocycles. The Kier molecular flexibility index (Phi) is 9.78. The zero-order valence-corrected chi connectivity index (χ0v) is 16.5. The molecule has 2 unspecified atom stereocenters. The molecule has 0 aromatic heterocycles. The Morgan fingerprint density at radius 2 is 1.84 bits per heavy atom. The molecule has 0 radical (unpaired) electrons. The van der Waals surface area contributed by atoms with Crippen molar-refractivity contribution in [3.63, 3.8) is 0 Å². The first-order chi connectivity index (χ1) is 11.3. The van der Waals surface area contributed by atoms with Crippen LogP contribution in [0.3, 0.4) is 0 Å². The van der Waals surface area contributed by atoms with E-state index in [0.29, 0.717) is 0 Å².